The molecule has 0 aromatic carbocycles. The van der Waals surface area contributed by atoms with Crippen molar-refractivity contribution >= 4 is 0 Å². The fourth-order valence-corrected chi connectivity index (χ4v) is 1.79. The van der Waals surface area contributed by atoms with Crippen molar-refractivity contribution in [1.29, 1.82) is 0 Å². The predicted octanol–water partition coefficient (Wildman–Crippen LogP) is 2.74. The molecule has 1 aliphatic carbocycles. The first-order valence-corrected chi connectivity index (χ1v) is 5.63. The van der Waals surface area contributed by atoms with Crippen molar-refractivity contribution < 1.29 is 4.84 Å². The predicted molar refractivity (Wildman–Crippen MR) is 55.4 cm³/mol. The minimum absolute atomic E-state index is 0.624. The van der Waals surface area contributed by atoms with Crippen LogP contribution in [0.3, 0.4) is 0 Å². The summed E-state index contributed by atoms with van der Waals surface area (Å²) in [6, 6.07) is 0. The molecule has 0 heterocycles. The number of nitrogens with one attached hydrogen (secondary N) is 1. The summed E-state index contributed by atoms with van der Waals surface area (Å²) in [5.74, 6) is 1.49. The van der Waals surface area contributed by atoms with Gasteiger partial charge in [0.15, 0.2) is 0 Å². The summed E-state index contributed by atoms with van der Waals surface area (Å²) in [5.41, 5.74) is 3.09. The van der Waals surface area contributed by atoms with Crippen molar-refractivity contribution in [3.8, 4) is 0 Å². The lowest BCUT2D eigenvalue weighted by atomic mass is 9.89. The second-order valence-electron chi connectivity index (χ2n) is 4.56. The maximum absolute atomic E-state index is 5.35. The second kappa shape index (κ2) is 6.39. The van der Waals surface area contributed by atoms with Crippen LogP contribution in [0.2, 0.25) is 0 Å². The lowest BCUT2D eigenvalue weighted by Crippen LogP contribution is -2.26. The topological polar surface area (TPSA) is 21.3 Å². The lowest BCUT2D eigenvalue weighted by molar-refractivity contribution is 0.0132. The molecule has 0 radical (unpaired) electrons. The molecule has 0 spiro atoms. The van der Waals surface area contributed by atoms with Gasteiger partial charge in [-0.2, -0.15) is 0 Å². The van der Waals surface area contributed by atoms with Gasteiger partial charge in [-0.15, -0.1) is 0 Å². The third-order valence-corrected chi connectivity index (χ3v) is 2.62. The third-order valence-electron chi connectivity index (χ3n) is 2.62. The van der Waals surface area contributed by atoms with Crippen molar-refractivity contribution in [3.63, 3.8) is 0 Å². The van der Waals surface area contributed by atoms with Crippen molar-refractivity contribution in [2.24, 2.45) is 11.8 Å². The molecule has 1 fully saturated rings. The van der Waals surface area contributed by atoms with Gasteiger partial charge in [0.25, 0.3) is 0 Å². The molecule has 1 rings (SSSR count). The van der Waals surface area contributed by atoms with Crippen molar-refractivity contribution in [2.75, 3.05) is 13.2 Å². The highest BCUT2D eigenvalue weighted by molar-refractivity contribution is 4.65. The molecule has 0 bridgehead atoms. The highest BCUT2D eigenvalue weighted by Crippen LogP contribution is 2.22. The summed E-state index contributed by atoms with van der Waals surface area (Å²) in [7, 11) is 0. The molecule has 0 atom stereocenters. The van der Waals surface area contributed by atoms with E-state index in [-0.39, 0.29) is 0 Å². The lowest BCUT2D eigenvalue weighted by Gasteiger charge is -2.21. The molecular weight excluding hydrogens is 162 g/mol. The summed E-state index contributed by atoms with van der Waals surface area (Å²) in [4.78, 5) is 5.35. The summed E-state index contributed by atoms with van der Waals surface area (Å²) in [6.45, 7) is 6.21. The molecule has 0 aromatic rings. The van der Waals surface area contributed by atoms with E-state index in [4.69, 9.17) is 4.84 Å². The Morgan fingerprint density at radius 2 is 1.92 bits per heavy atom. The maximum atomic E-state index is 5.35. The van der Waals surface area contributed by atoms with Crippen molar-refractivity contribution in [3.05, 3.63) is 0 Å². The summed E-state index contributed by atoms with van der Waals surface area (Å²) in [6.07, 6.45) is 7.03. The van der Waals surface area contributed by atoms with E-state index in [2.05, 4.69) is 19.3 Å². The molecule has 13 heavy (non-hydrogen) atoms. The Morgan fingerprint density at radius 3 is 2.54 bits per heavy atom. The summed E-state index contributed by atoms with van der Waals surface area (Å²) >= 11 is 0. The Morgan fingerprint density at radius 1 is 1.23 bits per heavy atom. The zero-order chi connectivity index (χ0) is 9.52. The Balaban J connectivity index is 1.92. The average Bonchev–Trinajstić information content (AvgIpc) is 2.14. The van der Waals surface area contributed by atoms with Gasteiger partial charge in [0.1, 0.15) is 0 Å². The Kier molecular flexibility index (Phi) is 5.40. The van der Waals surface area contributed by atoms with Crippen LogP contribution < -0.4 is 5.48 Å². The van der Waals surface area contributed by atoms with Gasteiger partial charge in [-0.05, 0) is 24.7 Å². The van der Waals surface area contributed by atoms with E-state index in [0.717, 1.165) is 19.1 Å². The Bertz CT molecular complexity index is 119. The molecule has 0 amide bonds. The van der Waals surface area contributed by atoms with Gasteiger partial charge >= 0.3 is 0 Å². The van der Waals surface area contributed by atoms with Gasteiger partial charge in [-0.25, -0.2) is 5.48 Å². The van der Waals surface area contributed by atoms with E-state index in [9.17, 15) is 0 Å². The van der Waals surface area contributed by atoms with E-state index >= 15 is 0 Å². The molecule has 1 aliphatic rings. The molecule has 0 saturated heterocycles. The van der Waals surface area contributed by atoms with Crippen LogP contribution in [0.25, 0.3) is 0 Å². The number of hydrogen-bond donors (Lipinski definition) is 1. The fourth-order valence-electron chi connectivity index (χ4n) is 1.79. The molecule has 2 nitrogen and oxygen atoms in total. The molecule has 2 heteroatoms. The SMILES string of the molecule is CC(C)CONCC1CCCCC1. The van der Waals surface area contributed by atoms with Crippen LogP contribution in [0.5, 0.6) is 0 Å². The minimum Gasteiger partial charge on any atom is -0.302 e. The smallest absolute Gasteiger partial charge is 0.0705 e. The van der Waals surface area contributed by atoms with E-state index in [1.165, 1.54) is 32.1 Å². The van der Waals surface area contributed by atoms with Gasteiger partial charge in [-0.1, -0.05) is 33.1 Å². The molecule has 1 saturated carbocycles. The highest BCUT2D eigenvalue weighted by Gasteiger charge is 2.12. The summed E-state index contributed by atoms with van der Waals surface area (Å²) in [5, 5.41) is 0. The van der Waals surface area contributed by atoms with Gasteiger partial charge in [0.2, 0.25) is 0 Å². The van der Waals surface area contributed by atoms with Crippen LogP contribution in [-0.4, -0.2) is 13.2 Å². The van der Waals surface area contributed by atoms with Gasteiger partial charge in [0.05, 0.1) is 6.61 Å². The van der Waals surface area contributed by atoms with Gasteiger partial charge in [0, 0.05) is 6.54 Å². The largest absolute Gasteiger partial charge is 0.302 e. The highest BCUT2D eigenvalue weighted by atomic mass is 16.6. The monoisotopic (exact) mass is 185 g/mol. The molecule has 78 valence electrons. The van der Waals surface area contributed by atoms with Crippen molar-refractivity contribution in [1.82, 2.24) is 5.48 Å². The normalized spacial score (nSPS) is 19.6. The average molecular weight is 185 g/mol. The number of hydrogen-bond acceptors (Lipinski definition) is 2. The molecule has 1 N–H and O–H groups in total. The summed E-state index contributed by atoms with van der Waals surface area (Å²) < 4.78 is 0. The fraction of sp³-hybridized carbons (Fsp3) is 1.00. The third kappa shape index (κ3) is 5.27. The van der Waals surface area contributed by atoms with E-state index in [1.54, 1.807) is 0 Å². The molecule has 0 unspecified atom stereocenters. The first-order chi connectivity index (χ1) is 6.29. The van der Waals surface area contributed by atoms with E-state index < -0.39 is 0 Å². The van der Waals surface area contributed by atoms with E-state index in [1.807, 2.05) is 0 Å². The minimum atomic E-state index is 0.624. The van der Waals surface area contributed by atoms with Crippen molar-refractivity contribution in [2.45, 2.75) is 46.0 Å². The zero-order valence-electron chi connectivity index (χ0n) is 9.01. The van der Waals surface area contributed by atoms with Crippen LogP contribution >= 0.6 is 0 Å². The quantitative estimate of drug-likeness (QED) is 0.525. The first-order valence-electron chi connectivity index (χ1n) is 5.63. The molecule has 0 aliphatic heterocycles. The van der Waals surface area contributed by atoms with Crippen LogP contribution in [0.1, 0.15) is 46.0 Å². The van der Waals surface area contributed by atoms with Gasteiger partial charge < -0.3 is 4.84 Å². The first kappa shape index (κ1) is 11.0. The van der Waals surface area contributed by atoms with Crippen LogP contribution in [0.4, 0.5) is 0 Å². The Labute approximate surface area is 82.0 Å². The standard InChI is InChI=1S/C11H23NO/c1-10(2)9-13-12-8-11-6-4-3-5-7-11/h10-12H,3-9H2,1-2H3. The molecule has 0 aromatic heterocycles. The second-order valence-corrected chi connectivity index (χ2v) is 4.56. The van der Waals surface area contributed by atoms with Crippen LogP contribution in [-0.2, 0) is 4.84 Å². The maximum Gasteiger partial charge on any atom is 0.0705 e. The number of rotatable bonds is 5. The van der Waals surface area contributed by atoms with E-state index in [0.29, 0.717) is 5.92 Å². The van der Waals surface area contributed by atoms with Crippen LogP contribution in [0, 0.1) is 11.8 Å². The van der Waals surface area contributed by atoms with Crippen LogP contribution in [0.15, 0.2) is 0 Å². The molecular formula is C11H23NO. The number of hydroxylamine groups is 1. The zero-order valence-corrected chi connectivity index (χ0v) is 9.01. The Hall–Kier alpha value is -0.0800. The van der Waals surface area contributed by atoms with Gasteiger partial charge in [-0.3, -0.25) is 0 Å².